The van der Waals surface area contributed by atoms with Gasteiger partial charge in [0.1, 0.15) is 6.04 Å². The average Bonchev–Trinajstić information content (AvgIpc) is 3.24. The Hall–Kier alpha value is -3.22. The van der Waals surface area contributed by atoms with Crippen molar-refractivity contribution in [1.29, 1.82) is 5.26 Å². The Morgan fingerprint density at radius 3 is 2.52 bits per heavy atom. The van der Waals surface area contributed by atoms with E-state index in [-0.39, 0.29) is 17.7 Å². The number of hydrogen-bond donors (Lipinski definition) is 2. The van der Waals surface area contributed by atoms with E-state index in [0.717, 1.165) is 15.5 Å². The van der Waals surface area contributed by atoms with Crippen molar-refractivity contribution in [2.45, 2.75) is 43.3 Å². The van der Waals surface area contributed by atoms with Crippen LogP contribution in [0.25, 0.3) is 0 Å². The van der Waals surface area contributed by atoms with Crippen molar-refractivity contribution in [2.24, 2.45) is 5.92 Å². The third-order valence-electron chi connectivity index (χ3n) is 4.80. The molecule has 1 aromatic heterocycles. The number of thioether (sulfide) groups is 1. The number of aryl methyl sites for hydroxylation is 1. The van der Waals surface area contributed by atoms with Crippen molar-refractivity contribution >= 4 is 40.0 Å². The molecule has 0 aliphatic heterocycles. The van der Waals surface area contributed by atoms with E-state index in [4.69, 9.17) is 5.26 Å². The quantitative estimate of drug-likeness (QED) is 0.337. The lowest BCUT2D eigenvalue weighted by Crippen LogP contribution is -2.44. The van der Waals surface area contributed by atoms with Gasteiger partial charge in [-0.2, -0.15) is 5.26 Å². The lowest BCUT2D eigenvalue weighted by molar-refractivity contribution is -0.118. The number of anilines is 1. The van der Waals surface area contributed by atoms with Crippen LogP contribution >= 0.6 is 23.1 Å². The van der Waals surface area contributed by atoms with Gasteiger partial charge < -0.3 is 5.32 Å². The molecule has 0 spiro atoms. The van der Waals surface area contributed by atoms with Crippen molar-refractivity contribution in [3.8, 4) is 6.07 Å². The standard InChI is InChI=1S/C24H25N5O2S2/c1-15(2)12-20(26-21(30)19-7-5-4-6-16(19)3)22(31)27-23-28-29-24(33-23)32-14-18-10-8-17(13-25)9-11-18/h4-11,15,20H,12,14H2,1-3H3,(H,26,30)(H,27,28,31). The van der Waals surface area contributed by atoms with Crippen LogP contribution in [0.5, 0.6) is 0 Å². The molecule has 0 saturated heterocycles. The Balaban J connectivity index is 1.61. The van der Waals surface area contributed by atoms with Gasteiger partial charge in [-0.05, 0) is 48.6 Å². The Labute approximate surface area is 201 Å². The smallest absolute Gasteiger partial charge is 0.252 e. The zero-order chi connectivity index (χ0) is 23.8. The molecule has 3 rings (SSSR count). The minimum Gasteiger partial charge on any atom is -0.340 e. The third kappa shape index (κ3) is 7.14. The first-order valence-electron chi connectivity index (χ1n) is 10.5. The number of nitrogens with zero attached hydrogens (tertiary/aromatic N) is 3. The summed E-state index contributed by atoms with van der Waals surface area (Å²) in [6, 6.07) is 16.1. The fourth-order valence-corrected chi connectivity index (χ4v) is 4.81. The number of carbonyl (C=O) groups excluding carboxylic acids is 2. The van der Waals surface area contributed by atoms with Gasteiger partial charge in [-0.15, -0.1) is 10.2 Å². The summed E-state index contributed by atoms with van der Waals surface area (Å²) < 4.78 is 0.721. The molecule has 9 heteroatoms. The highest BCUT2D eigenvalue weighted by Gasteiger charge is 2.24. The molecule has 1 unspecified atom stereocenters. The van der Waals surface area contributed by atoms with E-state index in [2.05, 4.69) is 26.9 Å². The van der Waals surface area contributed by atoms with Crippen LogP contribution in [0, 0.1) is 24.2 Å². The average molecular weight is 480 g/mol. The second kappa shape index (κ2) is 11.6. The summed E-state index contributed by atoms with van der Waals surface area (Å²) in [6.45, 7) is 5.87. The summed E-state index contributed by atoms with van der Waals surface area (Å²) >= 11 is 2.79. The maximum atomic E-state index is 12.9. The van der Waals surface area contributed by atoms with Crippen LogP contribution in [0.1, 0.15) is 47.3 Å². The molecule has 2 N–H and O–H groups in total. The SMILES string of the molecule is Cc1ccccc1C(=O)NC(CC(C)C)C(=O)Nc1nnc(SCc2ccc(C#N)cc2)s1. The predicted molar refractivity (Wildman–Crippen MR) is 131 cm³/mol. The highest BCUT2D eigenvalue weighted by atomic mass is 32.2. The molecular formula is C24H25N5O2S2. The number of carbonyl (C=O) groups is 2. The molecule has 0 aliphatic rings. The molecule has 33 heavy (non-hydrogen) atoms. The van der Waals surface area contributed by atoms with Gasteiger partial charge in [-0.1, -0.05) is 67.3 Å². The molecule has 7 nitrogen and oxygen atoms in total. The summed E-state index contributed by atoms with van der Waals surface area (Å²) in [7, 11) is 0. The van der Waals surface area contributed by atoms with Gasteiger partial charge in [0.05, 0.1) is 11.6 Å². The van der Waals surface area contributed by atoms with Gasteiger partial charge in [0, 0.05) is 11.3 Å². The van der Waals surface area contributed by atoms with Crippen LogP contribution in [0.15, 0.2) is 52.9 Å². The maximum Gasteiger partial charge on any atom is 0.252 e. The third-order valence-corrected chi connectivity index (χ3v) is 6.84. The number of benzene rings is 2. The van der Waals surface area contributed by atoms with E-state index in [1.807, 2.05) is 45.0 Å². The van der Waals surface area contributed by atoms with Crippen LogP contribution in [0.3, 0.4) is 0 Å². The zero-order valence-electron chi connectivity index (χ0n) is 18.7. The fourth-order valence-electron chi connectivity index (χ4n) is 3.10. The topological polar surface area (TPSA) is 108 Å². The summed E-state index contributed by atoms with van der Waals surface area (Å²) in [4.78, 5) is 25.7. The van der Waals surface area contributed by atoms with Gasteiger partial charge in [0.2, 0.25) is 11.0 Å². The minimum atomic E-state index is -0.684. The lowest BCUT2D eigenvalue weighted by Gasteiger charge is -2.20. The highest BCUT2D eigenvalue weighted by molar-refractivity contribution is 8.00. The van der Waals surface area contributed by atoms with Crippen LogP contribution in [-0.2, 0) is 10.5 Å². The minimum absolute atomic E-state index is 0.214. The Morgan fingerprint density at radius 2 is 1.85 bits per heavy atom. The molecule has 1 atom stereocenters. The van der Waals surface area contributed by atoms with E-state index >= 15 is 0 Å². The number of nitriles is 1. The first kappa shape index (κ1) is 24.4. The number of amides is 2. The molecule has 3 aromatic rings. The van der Waals surface area contributed by atoms with Gasteiger partial charge in [0.25, 0.3) is 5.91 Å². The van der Waals surface area contributed by atoms with E-state index in [1.54, 1.807) is 24.3 Å². The summed E-state index contributed by atoms with van der Waals surface area (Å²) in [6.07, 6.45) is 0.503. The summed E-state index contributed by atoms with van der Waals surface area (Å²) in [5.74, 6) is 0.303. The fraction of sp³-hybridized carbons (Fsp3) is 0.292. The Bertz CT molecular complexity index is 1150. The second-order valence-electron chi connectivity index (χ2n) is 7.93. The largest absolute Gasteiger partial charge is 0.340 e. The van der Waals surface area contributed by atoms with E-state index in [9.17, 15) is 9.59 Å². The van der Waals surface area contributed by atoms with Crippen molar-refractivity contribution in [3.05, 3.63) is 70.8 Å². The van der Waals surface area contributed by atoms with Crippen LogP contribution in [0.2, 0.25) is 0 Å². The molecule has 1 heterocycles. The second-order valence-corrected chi connectivity index (χ2v) is 10.1. The van der Waals surface area contributed by atoms with E-state index in [0.29, 0.717) is 28.4 Å². The lowest BCUT2D eigenvalue weighted by atomic mass is 10.0. The van der Waals surface area contributed by atoms with E-state index < -0.39 is 6.04 Å². The van der Waals surface area contributed by atoms with Crippen LogP contribution < -0.4 is 10.6 Å². The van der Waals surface area contributed by atoms with Crippen LogP contribution in [0.4, 0.5) is 5.13 Å². The number of hydrogen-bond acceptors (Lipinski definition) is 7. The van der Waals surface area contributed by atoms with E-state index in [1.165, 1.54) is 23.1 Å². The zero-order valence-corrected chi connectivity index (χ0v) is 20.3. The normalized spacial score (nSPS) is 11.6. The Kier molecular flexibility index (Phi) is 8.58. The molecule has 170 valence electrons. The highest BCUT2D eigenvalue weighted by Crippen LogP contribution is 2.28. The summed E-state index contributed by atoms with van der Waals surface area (Å²) in [5, 5.41) is 23.1. The molecule has 0 radical (unpaired) electrons. The van der Waals surface area contributed by atoms with Crippen LogP contribution in [-0.4, -0.2) is 28.1 Å². The van der Waals surface area contributed by atoms with Gasteiger partial charge in [-0.3, -0.25) is 14.9 Å². The predicted octanol–water partition coefficient (Wildman–Crippen LogP) is 4.79. The molecule has 2 aromatic carbocycles. The van der Waals surface area contributed by atoms with Crippen molar-refractivity contribution in [1.82, 2.24) is 15.5 Å². The van der Waals surface area contributed by atoms with Gasteiger partial charge in [0.15, 0.2) is 4.34 Å². The first-order chi connectivity index (χ1) is 15.9. The number of aromatic nitrogens is 2. The number of nitrogens with one attached hydrogen (secondary N) is 2. The van der Waals surface area contributed by atoms with Gasteiger partial charge in [-0.25, -0.2) is 0 Å². The van der Waals surface area contributed by atoms with Crippen molar-refractivity contribution < 1.29 is 9.59 Å². The molecule has 0 saturated carbocycles. The first-order valence-corrected chi connectivity index (χ1v) is 12.3. The van der Waals surface area contributed by atoms with Gasteiger partial charge >= 0.3 is 0 Å². The molecule has 0 bridgehead atoms. The number of rotatable bonds is 9. The van der Waals surface area contributed by atoms with Crippen molar-refractivity contribution in [2.75, 3.05) is 5.32 Å². The monoisotopic (exact) mass is 479 g/mol. The molecular weight excluding hydrogens is 454 g/mol. The Morgan fingerprint density at radius 1 is 1.12 bits per heavy atom. The maximum absolute atomic E-state index is 12.9. The molecule has 0 aliphatic carbocycles. The molecule has 0 fully saturated rings. The molecule has 2 amide bonds. The summed E-state index contributed by atoms with van der Waals surface area (Å²) in [5.41, 5.74) is 3.09. The van der Waals surface area contributed by atoms with Crippen molar-refractivity contribution in [3.63, 3.8) is 0 Å².